The summed E-state index contributed by atoms with van der Waals surface area (Å²) in [5.41, 5.74) is 1.79. The van der Waals surface area contributed by atoms with Gasteiger partial charge in [-0.05, 0) is 32.0 Å². The van der Waals surface area contributed by atoms with E-state index in [1.54, 1.807) is 7.11 Å². The first-order chi connectivity index (χ1) is 9.13. The van der Waals surface area contributed by atoms with Crippen LogP contribution in [0.2, 0.25) is 0 Å². The molecule has 5 heteroatoms. The van der Waals surface area contributed by atoms with E-state index < -0.39 is 0 Å². The zero-order chi connectivity index (χ0) is 13.8. The van der Waals surface area contributed by atoms with Gasteiger partial charge in [0.05, 0.1) is 12.7 Å². The number of nitrogens with zero attached hydrogens (tertiary/aromatic N) is 2. The fraction of sp³-hybridized carbons (Fsp3) is 0.286. The molecular formula is C14H16BrN3O. The van der Waals surface area contributed by atoms with Gasteiger partial charge in [-0.15, -0.1) is 0 Å². The smallest absolute Gasteiger partial charge is 0.165 e. The predicted octanol–water partition coefficient (Wildman–Crippen LogP) is 3.65. The minimum atomic E-state index is 0.661. The van der Waals surface area contributed by atoms with E-state index in [0.717, 1.165) is 33.8 Å². The zero-order valence-corrected chi connectivity index (χ0v) is 12.8. The number of rotatable bonds is 4. The first kappa shape index (κ1) is 13.8. The summed E-state index contributed by atoms with van der Waals surface area (Å²) < 4.78 is 6.34. The molecule has 1 heterocycles. The third-order valence-corrected chi connectivity index (χ3v) is 3.11. The van der Waals surface area contributed by atoms with E-state index in [1.807, 2.05) is 38.1 Å². The Hall–Kier alpha value is -1.62. The van der Waals surface area contributed by atoms with Crippen molar-refractivity contribution in [2.45, 2.75) is 13.8 Å². The minimum Gasteiger partial charge on any atom is -0.496 e. The van der Waals surface area contributed by atoms with Gasteiger partial charge in [0, 0.05) is 22.8 Å². The summed E-state index contributed by atoms with van der Waals surface area (Å²) in [5, 5.41) is 3.21. The van der Waals surface area contributed by atoms with Gasteiger partial charge in [-0.2, -0.15) is 0 Å². The van der Waals surface area contributed by atoms with E-state index in [1.165, 1.54) is 0 Å². The predicted molar refractivity (Wildman–Crippen MR) is 80.6 cm³/mol. The second-order valence-electron chi connectivity index (χ2n) is 4.09. The van der Waals surface area contributed by atoms with Crippen LogP contribution >= 0.6 is 15.9 Å². The van der Waals surface area contributed by atoms with Gasteiger partial charge in [0.25, 0.3) is 0 Å². The summed E-state index contributed by atoms with van der Waals surface area (Å²) in [6.07, 6.45) is 0. The number of hydrogen-bond donors (Lipinski definition) is 1. The van der Waals surface area contributed by atoms with E-state index in [-0.39, 0.29) is 0 Å². The minimum absolute atomic E-state index is 0.661. The summed E-state index contributed by atoms with van der Waals surface area (Å²) in [6.45, 7) is 4.82. The van der Waals surface area contributed by atoms with Crippen LogP contribution in [0.4, 0.5) is 5.82 Å². The fourth-order valence-corrected chi connectivity index (χ4v) is 2.18. The van der Waals surface area contributed by atoms with E-state index >= 15 is 0 Å². The standard InChI is InChI=1S/C14H16BrN3O/c1-4-16-13-7-9(2)17-14(18-13)11-8-10(15)5-6-12(11)19-3/h5-8H,4H2,1-3H3,(H,16,17,18). The van der Waals surface area contributed by atoms with E-state index in [4.69, 9.17) is 4.74 Å². The molecule has 2 rings (SSSR count). The molecule has 0 aliphatic heterocycles. The van der Waals surface area contributed by atoms with E-state index in [2.05, 4.69) is 31.2 Å². The van der Waals surface area contributed by atoms with Gasteiger partial charge < -0.3 is 10.1 Å². The van der Waals surface area contributed by atoms with Crippen LogP contribution in [0.3, 0.4) is 0 Å². The number of aromatic nitrogens is 2. The van der Waals surface area contributed by atoms with Gasteiger partial charge in [-0.25, -0.2) is 9.97 Å². The third-order valence-electron chi connectivity index (χ3n) is 2.61. The number of nitrogens with one attached hydrogen (secondary N) is 1. The molecule has 0 fully saturated rings. The summed E-state index contributed by atoms with van der Waals surface area (Å²) >= 11 is 3.46. The molecular weight excluding hydrogens is 306 g/mol. The highest BCUT2D eigenvalue weighted by atomic mass is 79.9. The normalized spacial score (nSPS) is 10.3. The first-order valence-corrected chi connectivity index (χ1v) is 6.86. The lowest BCUT2D eigenvalue weighted by Gasteiger charge is -2.10. The van der Waals surface area contributed by atoms with Crippen molar-refractivity contribution in [3.05, 3.63) is 34.4 Å². The van der Waals surface area contributed by atoms with Gasteiger partial charge in [0.2, 0.25) is 0 Å². The molecule has 0 aliphatic carbocycles. The third kappa shape index (κ3) is 3.23. The molecule has 19 heavy (non-hydrogen) atoms. The van der Waals surface area contributed by atoms with Crippen molar-refractivity contribution < 1.29 is 4.74 Å². The largest absolute Gasteiger partial charge is 0.496 e. The van der Waals surface area contributed by atoms with Crippen LogP contribution in [0.25, 0.3) is 11.4 Å². The van der Waals surface area contributed by atoms with Crippen molar-refractivity contribution in [2.24, 2.45) is 0 Å². The first-order valence-electron chi connectivity index (χ1n) is 6.07. The van der Waals surface area contributed by atoms with Gasteiger partial charge in [0.15, 0.2) is 5.82 Å². The van der Waals surface area contributed by atoms with Crippen LogP contribution in [0, 0.1) is 6.92 Å². The average Bonchev–Trinajstić information content (AvgIpc) is 2.38. The lowest BCUT2D eigenvalue weighted by Crippen LogP contribution is -2.03. The molecule has 0 radical (unpaired) electrons. The molecule has 2 aromatic rings. The van der Waals surface area contributed by atoms with Crippen molar-refractivity contribution in [2.75, 3.05) is 19.0 Å². The van der Waals surface area contributed by atoms with Crippen LogP contribution in [-0.2, 0) is 0 Å². The Labute approximate surface area is 121 Å². The average molecular weight is 322 g/mol. The molecule has 1 N–H and O–H groups in total. The van der Waals surface area contributed by atoms with Crippen LogP contribution in [-0.4, -0.2) is 23.6 Å². The van der Waals surface area contributed by atoms with E-state index in [0.29, 0.717) is 5.82 Å². The van der Waals surface area contributed by atoms with Crippen molar-refractivity contribution in [1.29, 1.82) is 0 Å². The Morgan fingerprint density at radius 3 is 2.74 bits per heavy atom. The van der Waals surface area contributed by atoms with Crippen LogP contribution in [0.15, 0.2) is 28.7 Å². The Kier molecular flexibility index (Phi) is 4.37. The maximum atomic E-state index is 5.37. The zero-order valence-electron chi connectivity index (χ0n) is 11.2. The second kappa shape index (κ2) is 6.02. The molecule has 0 amide bonds. The van der Waals surface area contributed by atoms with E-state index in [9.17, 15) is 0 Å². The SMILES string of the molecule is CCNc1cc(C)nc(-c2cc(Br)ccc2OC)n1. The summed E-state index contributed by atoms with van der Waals surface area (Å²) in [5.74, 6) is 2.25. The highest BCUT2D eigenvalue weighted by Crippen LogP contribution is 2.31. The number of halogens is 1. The molecule has 1 aromatic heterocycles. The molecule has 0 bridgehead atoms. The number of ether oxygens (including phenoxy) is 1. The second-order valence-corrected chi connectivity index (χ2v) is 5.01. The van der Waals surface area contributed by atoms with Crippen LogP contribution in [0.1, 0.15) is 12.6 Å². The monoisotopic (exact) mass is 321 g/mol. The molecule has 4 nitrogen and oxygen atoms in total. The molecule has 0 saturated carbocycles. The number of methoxy groups -OCH3 is 1. The van der Waals surface area contributed by atoms with Gasteiger partial charge in [-0.3, -0.25) is 0 Å². The lowest BCUT2D eigenvalue weighted by atomic mass is 10.2. The Balaban J connectivity index is 2.54. The summed E-state index contributed by atoms with van der Waals surface area (Å²) in [6, 6.07) is 7.72. The highest BCUT2D eigenvalue weighted by molar-refractivity contribution is 9.10. The Bertz CT molecular complexity index is 587. The van der Waals surface area contributed by atoms with Crippen molar-refractivity contribution in [3.8, 4) is 17.1 Å². The highest BCUT2D eigenvalue weighted by Gasteiger charge is 2.11. The van der Waals surface area contributed by atoms with Crippen molar-refractivity contribution >= 4 is 21.7 Å². The molecule has 1 aromatic carbocycles. The Morgan fingerprint density at radius 1 is 1.26 bits per heavy atom. The van der Waals surface area contributed by atoms with Crippen molar-refractivity contribution in [1.82, 2.24) is 9.97 Å². The lowest BCUT2D eigenvalue weighted by molar-refractivity contribution is 0.416. The maximum Gasteiger partial charge on any atom is 0.165 e. The topological polar surface area (TPSA) is 47.0 Å². The number of aryl methyl sites for hydroxylation is 1. The molecule has 0 aliphatic rings. The van der Waals surface area contributed by atoms with Crippen LogP contribution < -0.4 is 10.1 Å². The van der Waals surface area contributed by atoms with Gasteiger partial charge in [-0.1, -0.05) is 15.9 Å². The molecule has 0 saturated heterocycles. The van der Waals surface area contributed by atoms with Crippen molar-refractivity contribution in [3.63, 3.8) is 0 Å². The summed E-state index contributed by atoms with van der Waals surface area (Å²) in [4.78, 5) is 9.00. The van der Waals surface area contributed by atoms with Crippen LogP contribution in [0.5, 0.6) is 5.75 Å². The molecule has 0 atom stereocenters. The number of anilines is 1. The molecule has 0 unspecified atom stereocenters. The summed E-state index contributed by atoms with van der Waals surface area (Å²) in [7, 11) is 1.65. The van der Waals surface area contributed by atoms with Gasteiger partial charge >= 0.3 is 0 Å². The fourth-order valence-electron chi connectivity index (χ4n) is 1.82. The quantitative estimate of drug-likeness (QED) is 0.933. The molecule has 0 spiro atoms. The molecule has 100 valence electrons. The number of hydrogen-bond acceptors (Lipinski definition) is 4. The Morgan fingerprint density at radius 2 is 2.05 bits per heavy atom. The maximum absolute atomic E-state index is 5.37. The van der Waals surface area contributed by atoms with Gasteiger partial charge in [0.1, 0.15) is 11.6 Å². The number of benzene rings is 1.